The predicted molar refractivity (Wildman–Crippen MR) is 98.4 cm³/mol. The molecule has 0 saturated heterocycles. The molecule has 1 atom stereocenters. The minimum absolute atomic E-state index is 0.117. The van der Waals surface area contributed by atoms with Crippen LogP contribution in [0.25, 0.3) is 10.9 Å². The molecule has 134 valence electrons. The number of hydrogen-bond acceptors (Lipinski definition) is 5. The molecule has 0 aliphatic rings. The number of fused-ring (bicyclic) bond motifs is 1. The molecule has 27 heavy (non-hydrogen) atoms. The molecule has 9 nitrogen and oxygen atoms in total. The third-order valence-corrected chi connectivity index (χ3v) is 4.12. The molecule has 0 aliphatic heterocycles. The number of H-pyrrole nitrogens is 2. The lowest BCUT2D eigenvalue weighted by Crippen LogP contribution is -2.43. The summed E-state index contributed by atoms with van der Waals surface area (Å²) in [6.07, 6.45) is 1.24. The first-order valence-electron chi connectivity index (χ1n) is 8.10. The minimum Gasteiger partial charge on any atom is -0.307 e. The van der Waals surface area contributed by atoms with Gasteiger partial charge in [0.1, 0.15) is 12.4 Å². The van der Waals surface area contributed by atoms with Crippen LogP contribution in [0.1, 0.15) is 11.6 Å². The molecule has 2 heterocycles. The topological polar surface area (TPSA) is 126 Å². The van der Waals surface area contributed by atoms with Crippen LogP contribution in [0.2, 0.25) is 0 Å². The second-order valence-electron chi connectivity index (χ2n) is 5.79. The van der Waals surface area contributed by atoms with Gasteiger partial charge in [-0.05, 0) is 17.7 Å². The van der Waals surface area contributed by atoms with Gasteiger partial charge >= 0.3 is 5.69 Å². The number of anilines is 1. The Morgan fingerprint density at radius 1 is 1.04 bits per heavy atom. The normalized spacial score (nSPS) is 12.0. The Morgan fingerprint density at radius 3 is 2.52 bits per heavy atom. The Balaban J connectivity index is 1.92. The molecule has 2 aromatic carbocycles. The monoisotopic (exact) mass is 362 g/mol. The van der Waals surface area contributed by atoms with Gasteiger partial charge < -0.3 is 4.98 Å². The van der Waals surface area contributed by atoms with E-state index in [1.165, 1.54) is 6.33 Å². The predicted octanol–water partition coefficient (Wildman–Crippen LogP) is 1.04. The molecule has 4 aromatic rings. The lowest BCUT2D eigenvalue weighted by Gasteiger charge is -2.18. The number of hydrogen-bond donors (Lipinski definition) is 3. The van der Waals surface area contributed by atoms with Gasteiger partial charge in [-0.3, -0.25) is 14.9 Å². The molecule has 1 unspecified atom stereocenters. The molecule has 0 fully saturated rings. The van der Waals surface area contributed by atoms with Crippen LogP contribution in [-0.2, 0) is 4.79 Å². The summed E-state index contributed by atoms with van der Waals surface area (Å²) in [6.45, 7) is 0. The highest BCUT2D eigenvalue weighted by Crippen LogP contribution is 2.18. The van der Waals surface area contributed by atoms with E-state index in [1.54, 1.807) is 54.6 Å². The van der Waals surface area contributed by atoms with Gasteiger partial charge in [-0.1, -0.05) is 42.5 Å². The molecular formula is C18H14N6O3. The maximum atomic E-state index is 13.0. The van der Waals surface area contributed by atoms with Crippen LogP contribution in [0.5, 0.6) is 0 Å². The van der Waals surface area contributed by atoms with E-state index in [0.717, 1.165) is 4.57 Å². The number of aromatic nitrogens is 5. The average Bonchev–Trinajstić information content (AvgIpc) is 3.18. The molecule has 3 N–H and O–H groups in total. The first-order chi connectivity index (χ1) is 13.1. The molecule has 0 radical (unpaired) electrons. The minimum atomic E-state index is -1.18. The first kappa shape index (κ1) is 16.5. The number of nitrogens with zero attached hydrogens (tertiary/aromatic N) is 3. The number of benzene rings is 2. The van der Waals surface area contributed by atoms with Crippen molar-refractivity contribution in [3.63, 3.8) is 0 Å². The summed E-state index contributed by atoms with van der Waals surface area (Å²) >= 11 is 0. The fraction of sp³-hybridized carbons (Fsp3) is 0.0556. The fourth-order valence-corrected chi connectivity index (χ4v) is 2.91. The van der Waals surface area contributed by atoms with Crippen molar-refractivity contribution in [3.8, 4) is 0 Å². The van der Waals surface area contributed by atoms with Crippen LogP contribution in [-0.4, -0.2) is 30.6 Å². The Bertz CT molecular complexity index is 1210. The zero-order valence-electron chi connectivity index (χ0n) is 13.9. The number of para-hydroxylation sites is 1. The summed E-state index contributed by atoms with van der Waals surface area (Å²) in [5.74, 6) is -0.480. The number of carbonyl (C=O) groups is 1. The molecule has 4 rings (SSSR count). The van der Waals surface area contributed by atoms with Gasteiger partial charge in [-0.2, -0.15) is 10.1 Å². The van der Waals surface area contributed by atoms with E-state index in [0.29, 0.717) is 16.5 Å². The molecule has 0 aliphatic carbocycles. The number of nitrogens with one attached hydrogen (secondary N) is 3. The van der Waals surface area contributed by atoms with E-state index in [-0.39, 0.29) is 5.95 Å². The molecule has 9 heteroatoms. The number of carbonyl (C=O) groups excluding carboxylic acids is 1. The summed E-state index contributed by atoms with van der Waals surface area (Å²) in [5.41, 5.74) is -0.347. The zero-order chi connectivity index (χ0) is 18.8. The quantitative estimate of drug-likeness (QED) is 0.500. The molecule has 0 spiro atoms. The zero-order valence-corrected chi connectivity index (χ0v) is 13.9. The summed E-state index contributed by atoms with van der Waals surface area (Å²) in [7, 11) is 0. The van der Waals surface area contributed by atoms with E-state index in [9.17, 15) is 14.4 Å². The van der Waals surface area contributed by atoms with Gasteiger partial charge in [-0.25, -0.2) is 14.5 Å². The summed E-state index contributed by atoms with van der Waals surface area (Å²) in [6, 6.07) is 14.0. The van der Waals surface area contributed by atoms with Gasteiger partial charge in [0.15, 0.2) is 0 Å². The highest BCUT2D eigenvalue weighted by molar-refractivity contribution is 5.94. The van der Waals surface area contributed by atoms with Crippen molar-refractivity contribution >= 4 is 22.8 Å². The summed E-state index contributed by atoms with van der Waals surface area (Å²) in [4.78, 5) is 45.1. The van der Waals surface area contributed by atoms with Crippen LogP contribution in [0.4, 0.5) is 5.95 Å². The van der Waals surface area contributed by atoms with E-state index in [1.807, 2.05) is 0 Å². The van der Waals surface area contributed by atoms with E-state index in [4.69, 9.17) is 0 Å². The molecule has 2 aromatic heterocycles. The number of amides is 1. The Morgan fingerprint density at radius 2 is 1.78 bits per heavy atom. The number of aromatic amines is 2. The second kappa shape index (κ2) is 6.71. The lowest BCUT2D eigenvalue weighted by molar-refractivity contribution is -0.118. The first-order valence-corrected chi connectivity index (χ1v) is 8.10. The van der Waals surface area contributed by atoms with Crippen molar-refractivity contribution in [3.05, 3.63) is 87.3 Å². The maximum Gasteiger partial charge on any atom is 0.329 e. The second-order valence-corrected chi connectivity index (χ2v) is 5.79. The van der Waals surface area contributed by atoms with Crippen LogP contribution in [0.3, 0.4) is 0 Å². The molecule has 0 bridgehead atoms. The van der Waals surface area contributed by atoms with Crippen molar-refractivity contribution in [2.24, 2.45) is 0 Å². The van der Waals surface area contributed by atoms with E-state index < -0.39 is 23.2 Å². The van der Waals surface area contributed by atoms with Crippen molar-refractivity contribution in [1.29, 1.82) is 0 Å². The Labute approximate surface area is 151 Å². The summed E-state index contributed by atoms with van der Waals surface area (Å²) in [5, 5.41) is 9.04. The van der Waals surface area contributed by atoms with E-state index >= 15 is 0 Å². The van der Waals surface area contributed by atoms with Crippen molar-refractivity contribution < 1.29 is 4.79 Å². The van der Waals surface area contributed by atoms with Gasteiger partial charge in [0, 0.05) is 0 Å². The van der Waals surface area contributed by atoms with Crippen LogP contribution >= 0.6 is 0 Å². The SMILES string of the molecule is O=C(Nc1ncn[nH]1)C(c1ccccc1)n1c(=O)[nH]c2ccccc2c1=O. The van der Waals surface area contributed by atoms with Crippen molar-refractivity contribution in [1.82, 2.24) is 24.7 Å². The average molecular weight is 362 g/mol. The Kier molecular flexibility index (Phi) is 4.09. The maximum absolute atomic E-state index is 13.0. The van der Waals surface area contributed by atoms with Gasteiger partial charge in [0.05, 0.1) is 10.9 Å². The molecular weight excluding hydrogens is 348 g/mol. The van der Waals surface area contributed by atoms with Crippen molar-refractivity contribution in [2.45, 2.75) is 6.04 Å². The molecule has 0 saturated carbocycles. The summed E-state index contributed by atoms with van der Waals surface area (Å²) < 4.78 is 0.906. The molecule has 1 amide bonds. The smallest absolute Gasteiger partial charge is 0.307 e. The van der Waals surface area contributed by atoms with Crippen LogP contribution in [0, 0.1) is 0 Å². The fourth-order valence-electron chi connectivity index (χ4n) is 2.91. The standard InChI is InChI=1S/C18H14N6O3/c25-15(22-17-19-10-20-23-17)14(11-6-2-1-3-7-11)24-16(26)12-8-4-5-9-13(12)21-18(24)27/h1-10,14H,(H,21,27)(H2,19,20,22,23,25). The Hall–Kier alpha value is -4.01. The van der Waals surface area contributed by atoms with E-state index in [2.05, 4.69) is 25.5 Å². The number of rotatable bonds is 4. The third kappa shape index (κ3) is 3.01. The third-order valence-electron chi connectivity index (χ3n) is 4.12. The van der Waals surface area contributed by atoms with Crippen molar-refractivity contribution in [2.75, 3.05) is 5.32 Å². The van der Waals surface area contributed by atoms with Gasteiger partial charge in [0.25, 0.3) is 11.5 Å². The largest absolute Gasteiger partial charge is 0.329 e. The highest BCUT2D eigenvalue weighted by Gasteiger charge is 2.27. The highest BCUT2D eigenvalue weighted by atomic mass is 16.2. The lowest BCUT2D eigenvalue weighted by atomic mass is 10.1. The van der Waals surface area contributed by atoms with Gasteiger partial charge in [-0.15, -0.1) is 0 Å². The van der Waals surface area contributed by atoms with Crippen LogP contribution < -0.4 is 16.6 Å². The van der Waals surface area contributed by atoms with Gasteiger partial charge in [0.2, 0.25) is 5.95 Å². The van der Waals surface area contributed by atoms with Crippen LogP contribution in [0.15, 0.2) is 70.5 Å².